The number of anilines is 1. The topological polar surface area (TPSA) is 47.6 Å². The van der Waals surface area contributed by atoms with Crippen molar-refractivity contribution in [1.29, 1.82) is 0 Å². The summed E-state index contributed by atoms with van der Waals surface area (Å²) in [5, 5.41) is 2.92. The van der Waals surface area contributed by atoms with Gasteiger partial charge in [-0.3, -0.25) is 4.79 Å². The van der Waals surface area contributed by atoms with E-state index in [4.69, 9.17) is 9.47 Å². The van der Waals surface area contributed by atoms with Crippen LogP contribution in [-0.2, 0) is 4.79 Å². The molecule has 0 fully saturated rings. The van der Waals surface area contributed by atoms with Gasteiger partial charge in [-0.1, -0.05) is 35.7 Å². The number of fused-ring (bicyclic) bond motifs is 1. The molecule has 0 saturated heterocycles. The van der Waals surface area contributed by atoms with Gasteiger partial charge < -0.3 is 14.8 Å². The summed E-state index contributed by atoms with van der Waals surface area (Å²) in [6.07, 6.45) is 2.95. The minimum Gasteiger partial charge on any atom is -0.486 e. The first-order chi connectivity index (χ1) is 9.61. The van der Waals surface area contributed by atoms with E-state index in [0.29, 0.717) is 19.0 Å². The van der Waals surface area contributed by atoms with Crippen LogP contribution in [0.25, 0.3) is 0 Å². The number of nitrogens with one attached hydrogen (secondary N) is 1. The summed E-state index contributed by atoms with van der Waals surface area (Å²) in [6.45, 7) is 5.18. The van der Waals surface area contributed by atoms with Gasteiger partial charge in [0, 0.05) is 11.8 Å². The van der Waals surface area contributed by atoms with E-state index in [-0.39, 0.29) is 10.7 Å². The first kappa shape index (κ1) is 15.2. The zero-order valence-corrected chi connectivity index (χ0v) is 13.5. The van der Waals surface area contributed by atoms with Crippen LogP contribution in [0.5, 0.6) is 11.5 Å². The lowest BCUT2D eigenvalue weighted by molar-refractivity contribution is -0.115. The van der Waals surface area contributed by atoms with Crippen molar-refractivity contribution >= 4 is 27.5 Å². The molecule has 1 amide bonds. The van der Waals surface area contributed by atoms with Gasteiger partial charge in [-0.2, -0.15) is 0 Å². The van der Waals surface area contributed by atoms with Crippen LogP contribution in [0, 0.1) is 6.92 Å². The average molecular weight is 342 g/mol. The lowest BCUT2D eigenvalue weighted by atomic mass is 10.1. The van der Waals surface area contributed by atoms with Crippen LogP contribution < -0.4 is 14.8 Å². The molecule has 0 spiro atoms. The minimum atomic E-state index is -0.157. The zero-order chi connectivity index (χ0) is 14.5. The number of carbonyl (C=O) groups excluding carboxylic acids is 1. The second kappa shape index (κ2) is 6.97. The molecule has 1 aliphatic heterocycles. The number of benzene rings is 1. The van der Waals surface area contributed by atoms with Gasteiger partial charge in [0.25, 0.3) is 0 Å². The molecule has 1 aliphatic rings. The van der Waals surface area contributed by atoms with E-state index in [1.54, 1.807) is 0 Å². The monoisotopic (exact) mass is 341 g/mol. The van der Waals surface area contributed by atoms with Gasteiger partial charge in [-0.25, -0.2) is 0 Å². The summed E-state index contributed by atoms with van der Waals surface area (Å²) in [5.41, 5.74) is 1.72. The predicted octanol–water partition coefficient (Wildman–Crippen LogP) is 3.66. The van der Waals surface area contributed by atoms with Crippen LogP contribution in [0.3, 0.4) is 0 Å². The number of halogens is 1. The standard InChI is InChI=1S/C15H20BrNO3/c1-3-4-5-12(16)15(18)17-11-8-10(2)14-13(9-11)19-6-7-20-14/h8-9,12H,3-7H2,1-2H3,(H,17,18)/t12-/m1/s1. The Labute approximate surface area is 128 Å². The molecular formula is C15H20BrNO3. The summed E-state index contributed by atoms with van der Waals surface area (Å²) < 4.78 is 11.1. The Hall–Kier alpha value is -1.23. The number of alkyl halides is 1. The highest BCUT2D eigenvalue weighted by Crippen LogP contribution is 2.36. The molecule has 2 rings (SSSR count). The number of carbonyl (C=O) groups is 1. The third-order valence-corrected chi connectivity index (χ3v) is 4.06. The van der Waals surface area contributed by atoms with Gasteiger partial charge in [-0.15, -0.1) is 0 Å². The van der Waals surface area contributed by atoms with Crippen LogP contribution in [0.2, 0.25) is 0 Å². The van der Waals surface area contributed by atoms with Crippen LogP contribution in [-0.4, -0.2) is 23.9 Å². The quantitative estimate of drug-likeness (QED) is 0.831. The van der Waals surface area contributed by atoms with Crippen molar-refractivity contribution in [3.63, 3.8) is 0 Å². The van der Waals surface area contributed by atoms with E-state index in [9.17, 15) is 4.79 Å². The second-order valence-electron chi connectivity index (χ2n) is 4.92. The zero-order valence-electron chi connectivity index (χ0n) is 11.9. The molecule has 0 aromatic heterocycles. The van der Waals surface area contributed by atoms with Crippen molar-refractivity contribution < 1.29 is 14.3 Å². The van der Waals surface area contributed by atoms with Crippen LogP contribution in [0.15, 0.2) is 12.1 Å². The molecule has 0 saturated carbocycles. The van der Waals surface area contributed by atoms with Crippen molar-refractivity contribution in [2.75, 3.05) is 18.5 Å². The van der Waals surface area contributed by atoms with Crippen LogP contribution in [0.4, 0.5) is 5.69 Å². The molecule has 0 bridgehead atoms. The molecule has 20 heavy (non-hydrogen) atoms. The van der Waals surface area contributed by atoms with E-state index in [2.05, 4.69) is 28.2 Å². The van der Waals surface area contributed by atoms with Crippen LogP contribution in [0.1, 0.15) is 31.7 Å². The first-order valence-corrected chi connectivity index (χ1v) is 7.88. The normalized spacial score (nSPS) is 14.8. The number of amides is 1. The second-order valence-corrected chi connectivity index (χ2v) is 6.02. The third kappa shape index (κ3) is 3.66. The highest BCUT2D eigenvalue weighted by atomic mass is 79.9. The molecule has 0 radical (unpaired) electrons. The Bertz CT molecular complexity index is 490. The maximum absolute atomic E-state index is 12.1. The van der Waals surface area contributed by atoms with Crippen molar-refractivity contribution in [2.24, 2.45) is 0 Å². The summed E-state index contributed by atoms with van der Waals surface area (Å²) in [4.78, 5) is 11.9. The number of ether oxygens (including phenoxy) is 2. The summed E-state index contributed by atoms with van der Waals surface area (Å²) in [6, 6.07) is 3.73. The molecular weight excluding hydrogens is 322 g/mol. The highest BCUT2D eigenvalue weighted by Gasteiger charge is 2.18. The molecule has 1 aromatic rings. The van der Waals surface area contributed by atoms with Crippen molar-refractivity contribution in [1.82, 2.24) is 0 Å². The Morgan fingerprint density at radius 1 is 1.40 bits per heavy atom. The van der Waals surface area contributed by atoms with Gasteiger partial charge >= 0.3 is 0 Å². The number of unbranched alkanes of at least 4 members (excludes halogenated alkanes) is 1. The number of hydrogen-bond donors (Lipinski definition) is 1. The van der Waals surface area contributed by atoms with Gasteiger partial charge in [0.15, 0.2) is 11.5 Å². The minimum absolute atomic E-state index is 0.0190. The molecule has 1 atom stereocenters. The summed E-state index contributed by atoms with van der Waals surface area (Å²) >= 11 is 3.43. The Morgan fingerprint density at radius 3 is 2.90 bits per heavy atom. The number of aryl methyl sites for hydroxylation is 1. The molecule has 5 heteroatoms. The third-order valence-electron chi connectivity index (χ3n) is 3.19. The molecule has 4 nitrogen and oxygen atoms in total. The number of hydrogen-bond acceptors (Lipinski definition) is 3. The molecule has 1 aromatic carbocycles. The molecule has 1 N–H and O–H groups in total. The highest BCUT2D eigenvalue weighted by molar-refractivity contribution is 9.10. The van der Waals surface area contributed by atoms with Gasteiger partial charge in [0.1, 0.15) is 13.2 Å². The van der Waals surface area contributed by atoms with Gasteiger partial charge in [-0.05, 0) is 25.0 Å². The smallest absolute Gasteiger partial charge is 0.238 e. The predicted molar refractivity (Wildman–Crippen MR) is 83.0 cm³/mol. The van der Waals surface area contributed by atoms with E-state index in [0.717, 1.165) is 36.3 Å². The fourth-order valence-corrected chi connectivity index (χ4v) is 2.57. The van der Waals surface area contributed by atoms with Crippen LogP contribution >= 0.6 is 15.9 Å². The molecule has 0 aliphatic carbocycles. The van der Waals surface area contributed by atoms with Crippen molar-refractivity contribution in [2.45, 2.75) is 37.9 Å². The van der Waals surface area contributed by atoms with E-state index < -0.39 is 0 Å². The lowest BCUT2D eigenvalue weighted by Crippen LogP contribution is -2.23. The van der Waals surface area contributed by atoms with E-state index in [1.165, 1.54) is 0 Å². The van der Waals surface area contributed by atoms with Gasteiger partial charge in [0.2, 0.25) is 5.91 Å². The van der Waals surface area contributed by atoms with E-state index >= 15 is 0 Å². The summed E-state index contributed by atoms with van der Waals surface area (Å²) in [7, 11) is 0. The maximum atomic E-state index is 12.1. The maximum Gasteiger partial charge on any atom is 0.238 e. The SMILES string of the molecule is CCCC[C@@H](Br)C(=O)Nc1cc(C)c2c(c1)OCCO2. The fourth-order valence-electron chi connectivity index (χ4n) is 2.14. The fraction of sp³-hybridized carbons (Fsp3) is 0.533. The summed E-state index contributed by atoms with van der Waals surface area (Å²) in [5.74, 6) is 1.45. The van der Waals surface area contributed by atoms with Crippen molar-refractivity contribution in [3.8, 4) is 11.5 Å². The Balaban J connectivity index is 2.06. The Morgan fingerprint density at radius 2 is 2.15 bits per heavy atom. The first-order valence-electron chi connectivity index (χ1n) is 6.97. The lowest BCUT2D eigenvalue weighted by Gasteiger charge is -2.21. The molecule has 1 heterocycles. The molecule has 0 unspecified atom stereocenters. The average Bonchev–Trinajstić information content (AvgIpc) is 2.44. The largest absolute Gasteiger partial charge is 0.486 e. The van der Waals surface area contributed by atoms with Gasteiger partial charge in [0.05, 0.1) is 4.83 Å². The van der Waals surface area contributed by atoms with Crippen molar-refractivity contribution in [3.05, 3.63) is 17.7 Å². The molecule has 110 valence electrons. The van der Waals surface area contributed by atoms with E-state index in [1.807, 2.05) is 19.1 Å². The number of rotatable bonds is 5. The Kier molecular flexibility index (Phi) is 5.29.